The Bertz CT molecular complexity index is 529. The maximum absolute atomic E-state index is 10.6. The lowest BCUT2D eigenvalue weighted by Gasteiger charge is -2.15. The lowest BCUT2D eigenvalue weighted by Crippen LogP contribution is -2.29. The van der Waals surface area contributed by atoms with E-state index in [0.717, 1.165) is 12.8 Å². The molecule has 0 aromatic carbocycles. The van der Waals surface area contributed by atoms with Crippen molar-refractivity contribution in [3.8, 4) is 0 Å². The Morgan fingerprint density at radius 3 is 1.20 bits per heavy atom. The van der Waals surface area contributed by atoms with Gasteiger partial charge in [0.25, 0.3) is 0 Å². The first-order valence-electron chi connectivity index (χ1n) is 13.3. The molecule has 0 aliphatic carbocycles. The molecule has 206 valence electrons. The average Bonchev–Trinajstić information content (AvgIpc) is 2.78. The average molecular weight is 503 g/mol. The fourth-order valence-electron chi connectivity index (χ4n) is 3.42. The Morgan fingerprint density at radius 1 is 0.571 bits per heavy atom. The van der Waals surface area contributed by atoms with Crippen LogP contribution in [0.15, 0.2) is 0 Å². The highest BCUT2D eigenvalue weighted by Gasteiger charge is 2.15. The summed E-state index contributed by atoms with van der Waals surface area (Å²) < 4.78 is 14.0. The summed E-state index contributed by atoms with van der Waals surface area (Å²) in [4.78, 5) is 42.0. The zero-order valence-corrected chi connectivity index (χ0v) is 22.6. The monoisotopic (exact) mass is 502 g/mol. The van der Waals surface area contributed by atoms with Gasteiger partial charge in [-0.15, -0.1) is 0 Å². The molecule has 0 radical (unpaired) electrons. The summed E-state index contributed by atoms with van der Waals surface area (Å²) >= 11 is 0. The summed E-state index contributed by atoms with van der Waals surface area (Å²) in [5.74, 6) is -2.16. The van der Waals surface area contributed by atoms with Crippen molar-refractivity contribution in [3.05, 3.63) is 0 Å². The molecule has 0 fully saturated rings. The van der Waals surface area contributed by atoms with Crippen LogP contribution in [-0.4, -0.2) is 48.3 Å². The van der Waals surface area contributed by atoms with E-state index >= 15 is 0 Å². The lowest BCUT2D eigenvalue weighted by atomic mass is 10.0. The first kappa shape index (κ1) is 35.0. The smallest absolute Gasteiger partial charge is 0.303 e. The third-order valence-electron chi connectivity index (χ3n) is 5.27. The van der Waals surface area contributed by atoms with Crippen LogP contribution in [0.5, 0.6) is 0 Å². The number of carboxylic acid groups (broad SMARTS) is 1. The molecule has 0 saturated heterocycles. The molecule has 0 atom stereocenters. The van der Waals surface area contributed by atoms with Gasteiger partial charge in [-0.1, -0.05) is 96.8 Å². The number of carbonyl (C=O) groups is 4. The summed E-state index contributed by atoms with van der Waals surface area (Å²) in [5, 5.41) is 8.52. The highest BCUT2D eigenvalue weighted by Crippen LogP contribution is 2.13. The van der Waals surface area contributed by atoms with Gasteiger partial charge in [-0.3, -0.25) is 19.2 Å². The summed E-state index contributed by atoms with van der Waals surface area (Å²) in [5.41, 5.74) is 0. The summed E-state index contributed by atoms with van der Waals surface area (Å²) in [6.07, 6.45) is 19.4. The van der Waals surface area contributed by atoms with Crippen molar-refractivity contribution >= 4 is 23.9 Å². The summed E-state index contributed by atoms with van der Waals surface area (Å²) in [6.45, 7) is 5.71. The second-order valence-electron chi connectivity index (χ2n) is 8.93. The van der Waals surface area contributed by atoms with Gasteiger partial charge in [0, 0.05) is 27.2 Å². The van der Waals surface area contributed by atoms with E-state index in [0.29, 0.717) is 6.42 Å². The molecule has 8 heteroatoms. The maximum Gasteiger partial charge on any atom is 0.303 e. The molecular formula is C27H50O8. The fraction of sp³-hybridized carbons (Fsp3) is 0.852. The number of hydrogen-bond acceptors (Lipinski definition) is 7. The van der Waals surface area contributed by atoms with Crippen LogP contribution in [0.2, 0.25) is 0 Å². The summed E-state index contributed by atoms with van der Waals surface area (Å²) in [6, 6.07) is 0. The van der Waals surface area contributed by atoms with E-state index < -0.39 is 30.0 Å². The van der Waals surface area contributed by atoms with Gasteiger partial charge in [-0.2, -0.15) is 0 Å². The van der Waals surface area contributed by atoms with Gasteiger partial charge in [-0.05, 0) is 6.42 Å². The van der Waals surface area contributed by atoms with Crippen LogP contribution in [0.4, 0.5) is 0 Å². The number of aliphatic carboxylic acids is 1. The normalized spacial score (nSPS) is 10.3. The van der Waals surface area contributed by atoms with Crippen LogP contribution in [0.1, 0.15) is 130 Å². The van der Waals surface area contributed by atoms with Gasteiger partial charge in [-0.25, -0.2) is 0 Å². The Hall–Kier alpha value is -2.12. The number of rotatable bonds is 21. The number of carboxylic acids is 1. The molecule has 0 heterocycles. The molecule has 0 aliphatic heterocycles. The zero-order valence-electron chi connectivity index (χ0n) is 22.6. The number of esters is 3. The standard InChI is InChI=1S/C18H36O2.C9H14O6/c1-2-3-4-5-6-7-8-9-10-11-12-13-14-15-16-17-18(19)20;1-6(10)13-4-9(15-8(3)12)5-14-7(2)11/h2-17H2,1H3,(H,19,20);9H,4-5H2,1-3H3. The topological polar surface area (TPSA) is 116 Å². The Morgan fingerprint density at radius 2 is 0.914 bits per heavy atom. The van der Waals surface area contributed by atoms with Crippen LogP contribution >= 0.6 is 0 Å². The molecule has 0 spiro atoms. The third kappa shape index (κ3) is 34.1. The highest BCUT2D eigenvalue weighted by atomic mass is 16.6. The van der Waals surface area contributed by atoms with Crippen molar-refractivity contribution in [2.75, 3.05) is 13.2 Å². The minimum absolute atomic E-state index is 0.123. The second-order valence-corrected chi connectivity index (χ2v) is 8.93. The molecule has 0 rings (SSSR count). The van der Waals surface area contributed by atoms with Gasteiger partial charge in [0.15, 0.2) is 6.10 Å². The van der Waals surface area contributed by atoms with Gasteiger partial charge < -0.3 is 19.3 Å². The van der Waals surface area contributed by atoms with Crippen molar-refractivity contribution in [1.29, 1.82) is 0 Å². The van der Waals surface area contributed by atoms with Crippen LogP contribution in [0, 0.1) is 0 Å². The van der Waals surface area contributed by atoms with Gasteiger partial charge >= 0.3 is 23.9 Å². The molecule has 1 N–H and O–H groups in total. The molecule has 0 unspecified atom stereocenters. The molecule has 8 nitrogen and oxygen atoms in total. The molecule has 0 aromatic rings. The molecule has 0 aliphatic rings. The van der Waals surface area contributed by atoms with E-state index in [2.05, 4.69) is 16.4 Å². The second kappa shape index (κ2) is 26.5. The number of ether oxygens (including phenoxy) is 3. The fourth-order valence-corrected chi connectivity index (χ4v) is 3.42. The lowest BCUT2D eigenvalue weighted by molar-refractivity contribution is -0.163. The van der Waals surface area contributed by atoms with Crippen LogP contribution in [-0.2, 0) is 33.4 Å². The number of carbonyl (C=O) groups excluding carboxylic acids is 3. The van der Waals surface area contributed by atoms with E-state index in [1.807, 2.05) is 0 Å². The predicted molar refractivity (Wildman–Crippen MR) is 136 cm³/mol. The quantitative estimate of drug-likeness (QED) is 0.109. The molecule has 0 amide bonds. The van der Waals surface area contributed by atoms with Gasteiger partial charge in [0.05, 0.1) is 0 Å². The van der Waals surface area contributed by atoms with E-state index in [-0.39, 0.29) is 13.2 Å². The summed E-state index contributed by atoms with van der Waals surface area (Å²) in [7, 11) is 0. The molecule has 0 aromatic heterocycles. The third-order valence-corrected chi connectivity index (χ3v) is 5.27. The number of unbranched alkanes of at least 4 members (excludes halogenated alkanes) is 14. The first-order chi connectivity index (χ1) is 16.7. The number of hydrogen-bond donors (Lipinski definition) is 1. The Labute approximate surface area is 212 Å². The van der Waals surface area contributed by atoms with Crippen LogP contribution in [0.3, 0.4) is 0 Å². The van der Waals surface area contributed by atoms with Crippen LogP contribution in [0.25, 0.3) is 0 Å². The molecule has 35 heavy (non-hydrogen) atoms. The highest BCUT2D eigenvalue weighted by molar-refractivity contribution is 5.67. The molecular weight excluding hydrogens is 452 g/mol. The van der Waals surface area contributed by atoms with E-state index in [9.17, 15) is 19.2 Å². The van der Waals surface area contributed by atoms with Gasteiger partial charge in [0.1, 0.15) is 13.2 Å². The van der Waals surface area contributed by atoms with Crippen LogP contribution < -0.4 is 0 Å². The van der Waals surface area contributed by atoms with Gasteiger partial charge in [0.2, 0.25) is 0 Å². The van der Waals surface area contributed by atoms with E-state index in [1.165, 1.54) is 104 Å². The predicted octanol–water partition coefficient (Wildman–Crippen LogP) is 6.38. The van der Waals surface area contributed by atoms with Crippen molar-refractivity contribution in [2.24, 2.45) is 0 Å². The van der Waals surface area contributed by atoms with E-state index in [1.54, 1.807) is 0 Å². The van der Waals surface area contributed by atoms with Crippen molar-refractivity contribution in [2.45, 2.75) is 137 Å². The van der Waals surface area contributed by atoms with Crippen molar-refractivity contribution in [3.63, 3.8) is 0 Å². The first-order valence-corrected chi connectivity index (χ1v) is 13.3. The minimum atomic E-state index is -0.754. The molecule has 0 bridgehead atoms. The van der Waals surface area contributed by atoms with E-state index in [4.69, 9.17) is 9.84 Å². The van der Waals surface area contributed by atoms with Crippen molar-refractivity contribution < 1.29 is 38.5 Å². The Balaban J connectivity index is 0. The zero-order chi connectivity index (χ0) is 26.7. The SMILES string of the molecule is CC(=O)OCC(COC(C)=O)OC(C)=O.CCCCCCCCCCCCCCCCCC(=O)O. The van der Waals surface area contributed by atoms with Crippen molar-refractivity contribution in [1.82, 2.24) is 0 Å². The molecule has 0 saturated carbocycles. The maximum atomic E-state index is 10.6. The minimum Gasteiger partial charge on any atom is -0.481 e. The Kier molecular flexibility index (Phi) is 26.5. The largest absolute Gasteiger partial charge is 0.481 e.